The number of piperidine rings is 1. The van der Waals surface area contributed by atoms with E-state index in [1.807, 2.05) is 12.1 Å². The molecule has 1 saturated heterocycles. The topological polar surface area (TPSA) is 68.8 Å². The molecule has 1 aromatic rings. The van der Waals surface area contributed by atoms with Gasteiger partial charge >= 0.3 is 0 Å². The molecule has 28 heavy (non-hydrogen) atoms. The van der Waals surface area contributed by atoms with Gasteiger partial charge in [-0.15, -0.1) is 0 Å². The lowest BCUT2D eigenvalue weighted by Gasteiger charge is -2.32. The second kappa shape index (κ2) is 9.87. The molecule has 0 aromatic heterocycles. The highest BCUT2D eigenvalue weighted by Gasteiger charge is 2.40. The molecule has 0 bridgehead atoms. The number of hydrogen-bond acceptors (Lipinski definition) is 3. The van der Waals surface area contributed by atoms with Crippen molar-refractivity contribution >= 4 is 11.9 Å². The predicted molar refractivity (Wildman–Crippen MR) is 110 cm³/mol. The van der Waals surface area contributed by atoms with Crippen molar-refractivity contribution in [3.63, 3.8) is 0 Å². The summed E-state index contributed by atoms with van der Waals surface area (Å²) in [5, 5.41) is 9.84. The van der Waals surface area contributed by atoms with E-state index in [0.29, 0.717) is 12.6 Å². The molecule has 0 spiro atoms. The summed E-state index contributed by atoms with van der Waals surface area (Å²) in [5.41, 5.74) is 0.783. The minimum Gasteiger partial charge on any atom is -0.355 e. The van der Waals surface area contributed by atoms with Crippen LogP contribution in [0.5, 0.6) is 0 Å². The number of rotatable bonds is 7. The standard InChI is InChI=1S/C21H32FN5O/c1-3-10-24-20(28)14-27-11-8-15(9-12-27)25-21(23-2)26-19-13-17(19)16-6-4-5-7-18(16)22/h4-7,15,17,19H,3,8-14H2,1-2H3,(H,24,28)(H2,23,25,26). The summed E-state index contributed by atoms with van der Waals surface area (Å²) < 4.78 is 13.9. The van der Waals surface area contributed by atoms with Crippen molar-refractivity contribution < 1.29 is 9.18 Å². The number of aliphatic imine (C=N–C) groups is 1. The number of benzene rings is 1. The number of guanidine groups is 1. The molecular weight excluding hydrogens is 357 g/mol. The number of nitrogens with one attached hydrogen (secondary N) is 3. The first-order valence-electron chi connectivity index (χ1n) is 10.3. The Morgan fingerprint density at radius 1 is 1.25 bits per heavy atom. The molecule has 154 valence electrons. The highest BCUT2D eigenvalue weighted by Crippen LogP contribution is 2.41. The second-order valence-electron chi connectivity index (χ2n) is 7.73. The average Bonchev–Trinajstić information content (AvgIpc) is 3.46. The Morgan fingerprint density at radius 2 is 2.00 bits per heavy atom. The Morgan fingerprint density at radius 3 is 2.68 bits per heavy atom. The molecule has 1 saturated carbocycles. The quantitative estimate of drug-likeness (QED) is 0.492. The van der Waals surface area contributed by atoms with Crippen molar-refractivity contribution in [1.82, 2.24) is 20.9 Å². The van der Waals surface area contributed by atoms with E-state index < -0.39 is 0 Å². The molecule has 1 aromatic carbocycles. The largest absolute Gasteiger partial charge is 0.355 e. The van der Waals surface area contributed by atoms with Crippen molar-refractivity contribution in [2.75, 3.05) is 33.2 Å². The number of nitrogens with zero attached hydrogens (tertiary/aromatic N) is 2. The monoisotopic (exact) mass is 389 g/mol. The Bertz CT molecular complexity index is 687. The Hall–Kier alpha value is -2.15. The van der Waals surface area contributed by atoms with Crippen molar-refractivity contribution in [2.45, 2.75) is 50.6 Å². The summed E-state index contributed by atoms with van der Waals surface area (Å²) in [6.45, 7) is 5.07. The van der Waals surface area contributed by atoms with E-state index in [4.69, 9.17) is 0 Å². The molecule has 7 heteroatoms. The van der Waals surface area contributed by atoms with Gasteiger partial charge in [-0.05, 0) is 37.3 Å². The second-order valence-corrected chi connectivity index (χ2v) is 7.73. The molecule has 1 heterocycles. The van der Waals surface area contributed by atoms with Gasteiger partial charge in [0.2, 0.25) is 5.91 Å². The molecular formula is C21H32FN5O. The van der Waals surface area contributed by atoms with Crippen molar-refractivity contribution in [3.05, 3.63) is 35.6 Å². The third-order valence-corrected chi connectivity index (χ3v) is 5.51. The molecule has 6 nitrogen and oxygen atoms in total. The van der Waals surface area contributed by atoms with Crippen LogP contribution < -0.4 is 16.0 Å². The first-order chi connectivity index (χ1) is 13.6. The number of carbonyl (C=O) groups is 1. The summed E-state index contributed by atoms with van der Waals surface area (Å²) in [5.74, 6) is 0.972. The maximum absolute atomic E-state index is 13.9. The SMILES string of the molecule is CCCNC(=O)CN1CCC(NC(=NC)NC2CC2c2ccccc2F)CC1. The molecule has 3 rings (SSSR count). The lowest BCUT2D eigenvalue weighted by Crippen LogP contribution is -2.50. The van der Waals surface area contributed by atoms with Gasteiger partial charge in [0.15, 0.2) is 5.96 Å². The summed E-state index contributed by atoms with van der Waals surface area (Å²) in [4.78, 5) is 18.4. The fourth-order valence-electron chi connectivity index (χ4n) is 3.77. The molecule has 2 unspecified atom stereocenters. The van der Waals surface area contributed by atoms with Gasteiger partial charge in [0.05, 0.1) is 6.54 Å². The molecule has 3 N–H and O–H groups in total. The first kappa shape index (κ1) is 20.6. The van der Waals surface area contributed by atoms with Crippen LogP contribution in [0.4, 0.5) is 4.39 Å². The van der Waals surface area contributed by atoms with Crippen LogP contribution in [0, 0.1) is 5.82 Å². The van der Waals surface area contributed by atoms with E-state index in [9.17, 15) is 9.18 Å². The molecule has 1 amide bonds. The van der Waals surface area contributed by atoms with E-state index in [0.717, 1.165) is 56.8 Å². The maximum Gasteiger partial charge on any atom is 0.234 e. The van der Waals surface area contributed by atoms with Crippen LogP contribution in [0.3, 0.4) is 0 Å². The van der Waals surface area contributed by atoms with E-state index in [-0.39, 0.29) is 23.7 Å². The Kier molecular flexibility index (Phi) is 7.25. The highest BCUT2D eigenvalue weighted by molar-refractivity contribution is 5.81. The lowest BCUT2D eigenvalue weighted by atomic mass is 10.1. The van der Waals surface area contributed by atoms with E-state index >= 15 is 0 Å². The maximum atomic E-state index is 13.9. The molecule has 0 radical (unpaired) electrons. The van der Waals surface area contributed by atoms with Gasteiger partial charge in [-0.25, -0.2) is 4.39 Å². The first-order valence-corrected chi connectivity index (χ1v) is 10.3. The number of halogens is 1. The molecule has 1 aliphatic carbocycles. The summed E-state index contributed by atoms with van der Waals surface area (Å²) in [7, 11) is 1.77. The Balaban J connectivity index is 1.40. The molecule has 2 fully saturated rings. The van der Waals surface area contributed by atoms with Gasteiger partial charge in [-0.3, -0.25) is 14.7 Å². The van der Waals surface area contributed by atoms with Crippen LogP contribution in [-0.4, -0.2) is 62.1 Å². The number of hydrogen-bond donors (Lipinski definition) is 3. The highest BCUT2D eigenvalue weighted by atomic mass is 19.1. The van der Waals surface area contributed by atoms with Crippen LogP contribution >= 0.6 is 0 Å². The molecule has 1 aliphatic heterocycles. The Labute approximate surface area is 167 Å². The fraction of sp³-hybridized carbons (Fsp3) is 0.619. The minimum atomic E-state index is -0.130. The zero-order valence-corrected chi connectivity index (χ0v) is 16.9. The lowest BCUT2D eigenvalue weighted by molar-refractivity contribution is -0.122. The van der Waals surface area contributed by atoms with Crippen LogP contribution in [0.25, 0.3) is 0 Å². The smallest absolute Gasteiger partial charge is 0.234 e. The minimum absolute atomic E-state index is 0.110. The van der Waals surface area contributed by atoms with Crippen molar-refractivity contribution in [3.8, 4) is 0 Å². The van der Waals surface area contributed by atoms with Gasteiger partial charge in [-0.2, -0.15) is 0 Å². The van der Waals surface area contributed by atoms with Gasteiger partial charge < -0.3 is 16.0 Å². The van der Waals surface area contributed by atoms with Gasteiger partial charge in [0.1, 0.15) is 5.82 Å². The van der Waals surface area contributed by atoms with Crippen LogP contribution in [0.15, 0.2) is 29.3 Å². The van der Waals surface area contributed by atoms with E-state index in [2.05, 4.69) is 32.8 Å². The van der Waals surface area contributed by atoms with Crippen LogP contribution in [0.1, 0.15) is 44.1 Å². The third kappa shape index (κ3) is 5.67. The number of carbonyl (C=O) groups excluding carboxylic acids is 1. The summed E-state index contributed by atoms with van der Waals surface area (Å²) in [6, 6.07) is 7.57. The zero-order valence-electron chi connectivity index (χ0n) is 16.9. The average molecular weight is 390 g/mol. The normalized spacial score (nSPS) is 23.3. The molecule has 2 aliphatic rings. The number of likely N-dealkylation sites (tertiary alicyclic amines) is 1. The third-order valence-electron chi connectivity index (χ3n) is 5.51. The summed E-state index contributed by atoms with van der Waals surface area (Å²) in [6.07, 6.45) is 3.84. The molecule has 2 atom stereocenters. The van der Waals surface area contributed by atoms with Crippen molar-refractivity contribution in [2.24, 2.45) is 4.99 Å². The van der Waals surface area contributed by atoms with Gasteiger partial charge in [0, 0.05) is 44.7 Å². The zero-order chi connectivity index (χ0) is 19.9. The summed E-state index contributed by atoms with van der Waals surface area (Å²) >= 11 is 0. The fourth-order valence-corrected chi connectivity index (χ4v) is 3.77. The predicted octanol–water partition coefficient (Wildman–Crippen LogP) is 1.84. The van der Waals surface area contributed by atoms with Crippen LogP contribution in [0.2, 0.25) is 0 Å². The van der Waals surface area contributed by atoms with E-state index in [1.54, 1.807) is 13.1 Å². The van der Waals surface area contributed by atoms with Gasteiger partial charge in [0.25, 0.3) is 0 Å². The van der Waals surface area contributed by atoms with Gasteiger partial charge in [-0.1, -0.05) is 25.1 Å². The van der Waals surface area contributed by atoms with Crippen LogP contribution in [-0.2, 0) is 4.79 Å². The van der Waals surface area contributed by atoms with E-state index in [1.165, 1.54) is 6.07 Å². The van der Waals surface area contributed by atoms with Crippen molar-refractivity contribution in [1.29, 1.82) is 0 Å². The number of amides is 1.